The highest BCUT2D eigenvalue weighted by molar-refractivity contribution is 6.11. The van der Waals surface area contributed by atoms with Gasteiger partial charge in [-0.2, -0.15) is 0 Å². The van der Waals surface area contributed by atoms with Crippen molar-refractivity contribution in [2.24, 2.45) is 0 Å². The van der Waals surface area contributed by atoms with Crippen molar-refractivity contribution in [1.29, 1.82) is 0 Å². The van der Waals surface area contributed by atoms with Gasteiger partial charge in [0, 0.05) is 38.9 Å². The Bertz CT molecular complexity index is 2880. The van der Waals surface area contributed by atoms with Crippen LogP contribution in [0.25, 0.3) is 66.9 Å². The van der Waals surface area contributed by atoms with Gasteiger partial charge in [-0.05, 0) is 123 Å². The zero-order valence-electron chi connectivity index (χ0n) is 31.1. The Kier molecular flexibility index (Phi) is 7.67. The molecule has 1 aliphatic carbocycles. The van der Waals surface area contributed by atoms with E-state index in [2.05, 4.69) is 218 Å². The SMILES string of the molecule is C=Cc1ccc2c(c1)c1cc(-c3ccc(N(c4ccc(-c5ccccc5)cc4)c4ccc5c(c4)C(C)(C)c4ccccc4-5)cc3)ccc1n2-c1ccccc1. The molecule has 1 heterocycles. The van der Waals surface area contributed by atoms with Crippen molar-refractivity contribution in [2.75, 3.05) is 4.90 Å². The molecule has 0 radical (unpaired) electrons. The maximum atomic E-state index is 4.05. The van der Waals surface area contributed by atoms with Gasteiger partial charge in [0.25, 0.3) is 0 Å². The quantitative estimate of drug-likeness (QED) is 0.160. The maximum Gasteiger partial charge on any atom is 0.0541 e. The fourth-order valence-corrected chi connectivity index (χ4v) is 8.72. The molecule has 0 aliphatic heterocycles. The van der Waals surface area contributed by atoms with Crippen LogP contribution in [0, 0.1) is 0 Å². The van der Waals surface area contributed by atoms with Gasteiger partial charge >= 0.3 is 0 Å². The van der Waals surface area contributed by atoms with Crippen LogP contribution in [-0.2, 0) is 5.41 Å². The van der Waals surface area contributed by atoms with E-state index in [1.807, 2.05) is 6.08 Å². The summed E-state index contributed by atoms with van der Waals surface area (Å²) in [5, 5.41) is 2.45. The lowest BCUT2D eigenvalue weighted by Crippen LogP contribution is -2.16. The van der Waals surface area contributed by atoms with Crippen molar-refractivity contribution in [3.8, 4) is 39.1 Å². The van der Waals surface area contributed by atoms with Gasteiger partial charge in [-0.3, -0.25) is 0 Å². The number of nitrogens with zero attached hydrogens (tertiary/aromatic N) is 2. The normalized spacial score (nSPS) is 12.8. The Labute approximate surface area is 322 Å². The van der Waals surface area contributed by atoms with Gasteiger partial charge < -0.3 is 9.47 Å². The van der Waals surface area contributed by atoms with Crippen LogP contribution < -0.4 is 4.90 Å². The third-order valence-electron chi connectivity index (χ3n) is 11.6. The third kappa shape index (κ3) is 5.41. The minimum absolute atomic E-state index is 0.0939. The molecule has 0 fully saturated rings. The lowest BCUT2D eigenvalue weighted by atomic mass is 9.82. The Morgan fingerprint density at radius 2 is 0.982 bits per heavy atom. The summed E-state index contributed by atoms with van der Waals surface area (Å²) in [7, 11) is 0. The maximum absolute atomic E-state index is 4.05. The van der Waals surface area contributed by atoms with E-state index in [0.717, 1.165) is 28.3 Å². The summed E-state index contributed by atoms with van der Waals surface area (Å²) in [4.78, 5) is 2.39. The topological polar surface area (TPSA) is 8.17 Å². The number of para-hydroxylation sites is 1. The average Bonchev–Trinajstić information content (AvgIpc) is 3.69. The summed E-state index contributed by atoms with van der Waals surface area (Å²) in [5.74, 6) is 0. The fraction of sp³-hybridized carbons (Fsp3) is 0.0566. The molecule has 0 saturated carbocycles. The van der Waals surface area contributed by atoms with E-state index >= 15 is 0 Å². The number of hydrogen-bond donors (Lipinski definition) is 0. The predicted molar refractivity (Wildman–Crippen MR) is 234 cm³/mol. The first-order chi connectivity index (χ1) is 27.0. The molecule has 2 nitrogen and oxygen atoms in total. The van der Waals surface area contributed by atoms with Crippen LogP contribution in [0.5, 0.6) is 0 Å². The van der Waals surface area contributed by atoms with Crippen LogP contribution in [0.15, 0.2) is 195 Å². The molecule has 1 aromatic heterocycles. The first-order valence-corrected chi connectivity index (χ1v) is 19.0. The van der Waals surface area contributed by atoms with Gasteiger partial charge in [0.05, 0.1) is 11.0 Å². The van der Waals surface area contributed by atoms with Gasteiger partial charge in [0.1, 0.15) is 0 Å². The van der Waals surface area contributed by atoms with Gasteiger partial charge in [-0.15, -0.1) is 0 Å². The monoisotopic (exact) mass is 704 g/mol. The second-order valence-electron chi connectivity index (χ2n) is 15.1. The summed E-state index contributed by atoms with van der Waals surface area (Å²) in [6.45, 7) is 8.75. The molecule has 9 aromatic rings. The molecule has 2 heteroatoms. The lowest BCUT2D eigenvalue weighted by Gasteiger charge is -2.28. The van der Waals surface area contributed by atoms with E-state index in [9.17, 15) is 0 Å². The molecule has 262 valence electrons. The van der Waals surface area contributed by atoms with Gasteiger partial charge in [0.2, 0.25) is 0 Å². The molecule has 0 amide bonds. The van der Waals surface area contributed by atoms with E-state index in [1.165, 1.54) is 66.3 Å². The average molecular weight is 705 g/mol. The van der Waals surface area contributed by atoms with E-state index in [0.29, 0.717) is 0 Å². The van der Waals surface area contributed by atoms with Crippen molar-refractivity contribution in [3.63, 3.8) is 0 Å². The number of hydrogen-bond acceptors (Lipinski definition) is 1. The molecule has 0 atom stereocenters. The Morgan fingerprint density at radius 1 is 0.455 bits per heavy atom. The number of aromatic nitrogens is 1. The summed E-state index contributed by atoms with van der Waals surface area (Å²) < 4.78 is 2.36. The van der Waals surface area contributed by atoms with Crippen molar-refractivity contribution < 1.29 is 0 Å². The molecule has 0 unspecified atom stereocenters. The van der Waals surface area contributed by atoms with Crippen LogP contribution in [-0.4, -0.2) is 4.57 Å². The molecular formula is C53H40N2. The minimum atomic E-state index is -0.0939. The number of rotatable bonds is 7. The second-order valence-corrected chi connectivity index (χ2v) is 15.1. The standard InChI is InChI=1S/C53H40N2/c1-4-36-19-31-51-47(33-36)48-34-40(24-32-52(48)55(51)41-15-9-6-10-16-41)39-22-27-43(28-23-39)54(42-25-20-38(21-26-42)37-13-7-5-8-14-37)44-29-30-46-45-17-11-12-18-49(45)53(2,3)50(46)35-44/h4-35H,1H2,2-3H3. The number of fused-ring (bicyclic) bond motifs is 6. The highest BCUT2D eigenvalue weighted by Crippen LogP contribution is 2.50. The van der Waals surface area contributed by atoms with Crippen molar-refractivity contribution in [3.05, 3.63) is 211 Å². The van der Waals surface area contributed by atoms with E-state index < -0.39 is 0 Å². The van der Waals surface area contributed by atoms with Crippen LogP contribution >= 0.6 is 0 Å². The molecule has 10 rings (SSSR count). The summed E-state index contributed by atoms with van der Waals surface area (Å²) in [6.07, 6.45) is 1.93. The van der Waals surface area contributed by atoms with E-state index in [1.54, 1.807) is 0 Å². The Balaban J connectivity index is 1.08. The molecule has 8 aromatic carbocycles. The molecule has 0 bridgehead atoms. The van der Waals surface area contributed by atoms with E-state index in [-0.39, 0.29) is 5.41 Å². The van der Waals surface area contributed by atoms with Crippen LogP contribution in [0.1, 0.15) is 30.5 Å². The number of benzene rings is 8. The van der Waals surface area contributed by atoms with Crippen LogP contribution in [0.2, 0.25) is 0 Å². The Morgan fingerprint density at radius 3 is 1.67 bits per heavy atom. The lowest BCUT2D eigenvalue weighted by molar-refractivity contribution is 0.660. The smallest absolute Gasteiger partial charge is 0.0541 e. The van der Waals surface area contributed by atoms with Gasteiger partial charge in [-0.1, -0.05) is 142 Å². The molecule has 55 heavy (non-hydrogen) atoms. The molecule has 0 spiro atoms. The fourth-order valence-electron chi connectivity index (χ4n) is 8.72. The van der Waals surface area contributed by atoms with Crippen molar-refractivity contribution in [1.82, 2.24) is 4.57 Å². The van der Waals surface area contributed by atoms with Crippen molar-refractivity contribution in [2.45, 2.75) is 19.3 Å². The molecular weight excluding hydrogens is 665 g/mol. The first kappa shape index (κ1) is 32.7. The molecule has 1 aliphatic rings. The third-order valence-corrected chi connectivity index (χ3v) is 11.6. The molecule has 0 N–H and O–H groups in total. The second kappa shape index (κ2) is 12.9. The molecule has 0 saturated heterocycles. The zero-order valence-corrected chi connectivity index (χ0v) is 31.1. The van der Waals surface area contributed by atoms with Gasteiger partial charge in [0.15, 0.2) is 0 Å². The predicted octanol–water partition coefficient (Wildman–Crippen LogP) is 14.5. The van der Waals surface area contributed by atoms with E-state index in [4.69, 9.17) is 0 Å². The van der Waals surface area contributed by atoms with Crippen LogP contribution in [0.3, 0.4) is 0 Å². The first-order valence-electron chi connectivity index (χ1n) is 19.0. The number of anilines is 3. The largest absolute Gasteiger partial charge is 0.310 e. The Hall–Kier alpha value is -6.90. The van der Waals surface area contributed by atoms with Gasteiger partial charge in [-0.25, -0.2) is 0 Å². The summed E-state index contributed by atoms with van der Waals surface area (Å²) in [6, 6.07) is 68.6. The minimum Gasteiger partial charge on any atom is -0.310 e. The highest BCUT2D eigenvalue weighted by atomic mass is 15.1. The summed E-state index contributed by atoms with van der Waals surface area (Å²) >= 11 is 0. The van der Waals surface area contributed by atoms with Crippen molar-refractivity contribution >= 4 is 44.9 Å². The highest BCUT2D eigenvalue weighted by Gasteiger charge is 2.35. The summed E-state index contributed by atoms with van der Waals surface area (Å²) in [5.41, 5.74) is 18.1. The zero-order chi connectivity index (χ0) is 37.1. The van der Waals surface area contributed by atoms with Crippen LogP contribution in [0.4, 0.5) is 17.1 Å².